The van der Waals surface area contributed by atoms with Crippen molar-refractivity contribution in [3.63, 3.8) is 0 Å². The van der Waals surface area contributed by atoms with E-state index < -0.39 is 0 Å². The lowest BCUT2D eigenvalue weighted by atomic mass is 9.97. The summed E-state index contributed by atoms with van der Waals surface area (Å²) in [4.78, 5) is 3.64. The number of unbranched alkanes of at least 4 members (excludes halogenated alkanes) is 1. The van der Waals surface area contributed by atoms with E-state index in [9.17, 15) is 0 Å². The van der Waals surface area contributed by atoms with Crippen LogP contribution >= 0.6 is 15.9 Å². The van der Waals surface area contributed by atoms with E-state index in [-0.39, 0.29) is 0 Å². The molecule has 0 unspecified atom stereocenters. The largest absolute Gasteiger partial charge is 0.495 e. The monoisotopic (exact) mass is 422 g/mol. The molecule has 4 heteroatoms. The molecule has 0 atom stereocenters. The number of nitrogens with one attached hydrogen (secondary N) is 1. The number of aromatic amines is 1. The van der Waals surface area contributed by atoms with Gasteiger partial charge < -0.3 is 15.5 Å². The first-order valence-electron chi connectivity index (χ1n) is 9.29. The summed E-state index contributed by atoms with van der Waals surface area (Å²) >= 11 is 3.62. The molecule has 27 heavy (non-hydrogen) atoms. The minimum absolute atomic E-state index is 0.723. The normalized spacial score (nSPS) is 11.4. The van der Waals surface area contributed by atoms with E-state index in [1.54, 1.807) is 7.11 Å². The van der Waals surface area contributed by atoms with Gasteiger partial charge in [0.05, 0.1) is 12.8 Å². The maximum Gasteiger partial charge on any atom is 0.136 e. The summed E-state index contributed by atoms with van der Waals surface area (Å²) in [7, 11) is 1.75. The summed E-state index contributed by atoms with van der Waals surface area (Å²) in [5.74, 6) is 0.916. The summed E-state index contributed by atoms with van der Waals surface area (Å²) in [6.07, 6.45) is 3.08. The SMILES string of the molecule is COc1c(-c2[nH]c3ccc(Br)cc3c2CCCCN)ccc2ccccc12. The van der Waals surface area contributed by atoms with Crippen LogP contribution in [0.4, 0.5) is 0 Å². The zero-order valence-electron chi connectivity index (χ0n) is 15.4. The highest BCUT2D eigenvalue weighted by molar-refractivity contribution is 9.10. The molecular weight excluding hydrogens is 400 g/mol. The number of hydrogen-bond acceptors (Lipinski definition) is 2. The molecule has 3 nitrogen and oxygen atoms in total. The summed E-state index contributed by atoms with van der Waals surface area (Å²) in [6, 6.07) is 19.1. The Hall–Kier alpha value is -2.30. The topological polar surface area (TPSA) is 51.0 Å². The Morgan fingerprint density at radius 2 is 1.85 bits per heavy atom. The standard InChI is InChI=1S/C23H23BrN2O/c1-27-23-17-7-3-2-6-15(17)9-11-19(23)22-18(8-4-5-13-25)20-14-16(24)10-12-21(20)26-22/h2-3,6-7,9-12,14,26H,4-5,8,13,25H2,1H3. The molecule has 138 valence electrons. The average Bonchev–Trinajstić information content (AvgIpc) is 3.05. The molecule has 1 heterocycles. The summed E-state index contributed by atoms with van der Waals surface area (Å²) in [5, 5.41) is 3.57. The molecule has 3 N–H and O–H groups in total. The second kappa shape index (κ2) is 7.75. The van der Waals surface area contributed by atoms with Gasteiger partial charge in [-0.15, -0.1) is 0 Å². The number of halogens is 1. The fraction of sp³-hybridized carbons (Fsp3) is 0.217. The van der Waals surface area contributed by atoms with Gasteiger partial charge in [-0.1, -0.05) is 46.3 Å². The number of ether oxygens (including phenoxy) is 1. The molecule has 0 saturated carbocycles. The number of hydrogen-bond donors (Lipinski definition) is 2. The van der Waals surface area contributed by atoms with E-state index in [0.717, 1.165) is 58.2 Å². The highest BCUT2D eigenvalue weighted by Gasteiger charge is 2.18. The molecule has 0 amide bonds. The third kappa shape index (κ3) is 3.35. The van der Waals surface area contributed by atoms with Gasteiger partial charge in [-0.3, -0.25) is 0 Å². The van der Waals surface area contributed by atoms with Crippen molar-refractivity contribution in [3.8, 4) is 17.0 Å². The van der Waals surface area contributed by atoms with E-state index >= 15 is 0 Å². The first-order valence-corrected chi connectivity index (χ1v) is 10.1. The van der Waals surface area contributed by atoms with E-state index in [1.807, 2.05) is 0 Å². The van der Waals surface area contributed by atoms with Crippen molar-refractivity contribution in [2.45, 2.75) is 19.3 Å². The number of rotatable bonds is 6. The van der Waals surface area contributed by atoms with Crippen molar-refractivity contribution in [2.75, 3.05) is 13.7 Å². The summed E-state index contributed by atoms with van der Waals surface area (Å²) < 4.78 is 6.95. The first kappa shape index (κ1) is 18.1. The highest BCUT2D eigenvalue weighted by Crippen LogP contribution is 2.40. The molecule has 0 aliphatic carbocycles. The number of fused-ring (bicyclic) bond motifs is 2. The number of nitrogens with two attached hydrogens (primary N) is 1. The minimum atomic E-state index is 0.723. The van der Waals surface area contributed by atoms with Crippen LogP contribution in [0.3, 0.4) is 0 Å². The third-order valence-electron chi connectivity index (χ3n) is 5.10. The van der Waals surface area contributed by atoms with Crippen molar-refractivity contribution < 1.29 is 4.74 Å². The van der Waals surface area contributed by atoms with E-state index in [0.29, 0.717) is 0 Å². The second-order valence-corrected chi connectivity index (χ2v) is 7.70. The lowest BCUT2D eigenvalue weighted by Crippen LogP contribution is -1.99. The highest BCUT2D eigenvalue weighted by atomic mass is 79.9. The summed E-state index contributed by atoms with van der Waals surface area (Å²) in [6.45, 7) is 0.723. The number of aromatic nitrogens is 1. The van der Waals surface area contributed by atoms with Crippen LogP contribution in [0.5, 0.6) is 5.75 Å². The fourth-order valence-electron chi connectivity index (χ4n) is 3.82. The molecule has 1 aromatic heterocycles. The van der Waals surface area contributed by atoms with Crippen LogP contribution in [0, 0.1) is 0 Å². The van der Waals surface area contributed by atoms with E-state index in [1.165, 1.54) is 16.3 Å². The molecule has 0 radical (unpaired) electrons. The van der Waals surface area contributed by atoms with Crippen LogP contribution < -0.4 is 10.5 Å². The van der Waals surface area contributed by atoms with Gasteiger partial charge in [0.15, 0.2) is 0 Å². The van der Waals surface area contributed by atoms with Gasteiger partial charge in [0.25, 0.3) is 0 Å². The first-order chi connectivity index (χ1) is 13.2. The Balaban J connectivity index is 1.95. The van der Waals surface area contributed by atoms with Crippen LogP contribution in [0.2, 0.25) is 0 Å². The zero-order chi connectivity index (χ0) is 18.8. The Bertz CT molecular complexity index is 1100. The number of aryl methyl sites for hydroxylation is 1. The van der Waals surface area contributed by atoms with Gasteiger partial charge in [-0.2, -0.15) is 0 Å². The number of H-pyrrole nitrogens is 1. The van der Waals surface area contributed by atoms with Crippen molar-refractivity contribution in [2.24, 2.45) is 5.73 Å². The molecule has 4 rings (SSSR count). The predicted octanol–water partition coefficient (Wildman–Crippen LogP) is 6.04. The predicted molar refractivity (Wildman–Crippen MR) is 117 cm³/mol. The minimum Gasteiger partial charge on any atom is -0.495 e. The van der Waals surface area contributed by atoms with E-state index in [2.05, 4.69) is 75.5 Å². The van der Waals surface area contributed by atoms with Gasteiger partial charge in [0, 0.05) is 26.3 Å². The van der Waals surface area contributed by atoms with Crippen LogP contribution in [-0.2, 0) is 6.42 Å². The summed E-state index contributed by atoms with van der Waals surface area (Å²) in [5.41, 5.74) is 10.4. The van der Waals surface area contributed by atoms with Crippen LogP contribution in [-0.4, -0.2) is 18.6 Å². The molecule has 4 aromatic rings. The number of methoxy groups -OCH3 is 1. The Kier molecular flexibility index (Phi) is 5.19. The molecule has 0 aliphatic heterocycles. The average molecular weight is 423 g/mol. The van der Waals surface area contributed by atoms with Crippen molar-refractivity contribution in [1.82, 2.24) is 4.98 Å². The smallest absolute Gasteiger partial charge is 0.136 e. The van der Waals surface area contributed by atoms with Gasteiger partial charge in [-0.25, -0.2) is 0 Å². The van der Waals surface area contributed by atoms with Crippen LogP contribution in [0.1, 0.15) is 18.4 Å². The molecule has 0 aliphatic rings. The van der Waals surface area contributed by atoms with Crippen molar-refractivity contribution >= 4 is 37.6 Å². The van der Waals surface area contributed by atoms with Gasteiger partial charge in [0.1, 0.15) is 5.75 Å². The lowest BCUT2D eigenvalue weighted by Gasteiger charge is -2.13. The van der Waals surface area contributed by atoms with Crippen LogP contribution in [0.15, 0.2) is 59.1 Å². The van der Waals surface area contributed by atoms with Crippen molar-refractivity contribution in [1.29, 1.82) is 0 Å². The molecule has 0 bridgehead atoms. The van der Waals surface area contributed by atoms with Crippen LogP contribution in [0.25, 0.3) is 32.9 Å². The maximum atomic E-state index is 5.86. The molecular formula is C23H23BrN2O. The Labute approximate surface area is 167 Å². The Morgan fingerprint density at radius 3 is 2.67 bits per heavy atom. The lowest BCUT2D eigenvalue weighted by molar-refractivity contribution is 0.421. The van der Waals surface area contributed by atoms with E-state index in [4.69, 9.17) is 10.5 Å². The fourth-order valence-corrected chi connectivity index (χ4v) is 4.18. The zero-order valence-corrected chi connectivity index (χ0v) is 17.0. The molecule has 0 saturated heterocycles. The van der Waals surface area contributed by atoms with Gasteiger partial charge in [0.2, 0.25) is 0 Å². The van der Waals surface area contributed by atoms with Gasteiger partial charge in [-0.05, 0) is 61.0 Å². The molecule has 3 aromatic carbocycles. The van der Waals surface area contributed by atoms with Gasteiger partial charge >= 0.3 is 0 Å². The quantitative estimate of drug-likeness (QED) is 0.372. The number of benzene rings is 3. The maximum absolute atomic E-state index is 5.86. The molecule has 0 fully saturated rings. The molecule has 0 spiro atoms. The second-order valence-electron chi connectivity index (χ2n) is 6.78. The van der Waals surface area contributed by atoms with Crippen molar-refractivity contribution in [3.05, 3.63) is 64.6 Å². The Morgan fingerprint density at radius 1 is 1.00 bits per heavy atom. The third-order valence-corrected chi connectivity index (χ3v) is 5.60.